The van der Waals surface area contributed by atoms with E-state index in [2.05, 4.69) is 43.6 Å². The van der Waals surface area contributed by atoms with Gasteiger partial charge < -0.3 is 5.32 Å². The number of benzene rings is 1. The first kappa shape index (κ1) is 12.1. The number of nitrogens with zero attached hydrogens (tertiary/aromatic N) is 1. The third kappa shape index (κ3) is 2.43. The van der Waals surface area contributed by atoms with E-state index in [1.807, 2.05) is 11.3 Å². The van der Waals surface area contributed by atoms with Crippen LogP contribution in [0.3, 0.4) is 0 Å². The lowest BCUT2D eigenvalue weighted by atomic mass is 9.94. The molecule has 2 unspecified atom stereocenters. The third-order valence-electron chi connectivity index (χ3n) is 4.10. The van der Waals surface area contributed by atoms with Gasteiger partial charge in [0.05, 0.1) is 15.2 Å². The topological polar surface area (TPSA) is 24.9 Å². The predicted molar refractivity (Wildman–Crippen MR) is 78.1 cm³/mol. The van der Waals surface area contributed by atoms with Gasteiger partial charge in [0.2, 0.25) is 0 Å². The standard InChI is InChI=1S/C15H20N2S/c1-10(11-7-8-11)13(16-2)9-15-17-12-5-3-4-6-14(12)18-15/h3-6,10-11,13,16H,7-9H2,1-2H3. The summed E-state index contributed by atoms with van der Waals surface area (Å²) in [5, 5.41) is 4.75. The van der Waals surface area contributed by atoms with Gasteiger partial charge in [-0.1, -0.05) is 19.1 Å². The number of likely N-dealkylation sites (N-methyl/N-ethyl adjacent to an activating group) is 1. The maximum atomic E-state index is 4.74. The quantitative estimate of drug-likeness (QED) is 0.890. The maximum absolute atomic E-state index is 4.74. The Kier molecular flexibility index (Phi) is 3.35. The highest BCUT2D eigenvalue weighted by Gasteiger charge is 2.33. The summed E-state index contributed by atoms with van der Waals surface area (Å²) in [4.78, 5) is 4.74. The summed E-state index contributed by atoms with van der Waals surface area (Å²) in [6.07, 6.45) is 3.89. The van der Waals surface area contributed by atoms with Gasteiger partial charge in [0.15, 0.2) is 0 Å². The van der Waals surface area contributed by atoms with Crippen molar-refractivity contribution in [1.82, 2.24) is 10.3 Å². The number of nitrogens with one attached hydrogen (secondary N) is 1. The average molecular weight is 260 g/mol. The number of fused-ring (bicyclic) bond motifs is 1. The number of hydrogen-bond donors (Lipinski definition) is 1. The molecule has 96 valence electrons. The Morgan fingerprint density at radius 2 is 2.17 bits per heavy atom. The minimum Gasteiger partial charge on any atom is -0.316 e. The van der Waals surface area contributed by atoms with Crippen LogP contribution in [0.25, 0.3) is 10.2 Å². The highest BCUT2D eigenvalue weighted by molar-refractivity contribution is 7.18. The number of aromatic nitrogens is 1. The molecule has 0 aliphatic heterocycles. The molecular formula is C15H20N2S. The summed E-state index contributed by atoms with van der Waals surface area (Å²) in [5.74, 6) is 1.71. The Morgan fingerprint density at radius 3 is 2.83 bits per heavy atom. The van der Waals surface area contributed by atoms with Gasteiger partial charge in [0.25, 0.3) is 0 Å². The first-order chi connectivity index (χ1) is 8.78. The molecule has 0 bridgehead atoms. The third-order valence-corrected chi connectivity index (χ3v) is 5.16. The van der Waals surface area contributed by atoms with Crippen molar-refractivity contribution in [2.24, 2.45) is 11.8 Å². The molecule has 0 amide bonds. The van der Waals surface area contributed by atoms with Crippen molar-refractivity contribution in [3.8, 4) is 0 Å². The summed E-state index contributed by atoms with van der Waals surface area (Å²) >= 11 is 1.84. The lowest BCUT2D eigenvalue weighted by Crippen LogP contribution is -2.35. The SMILES string of the molecule is CNC(Cc1nc2ccccc2s1)C(C)C1CC1. The molecule has 0 spiro atoms. The maximum Gasteiger partial charge on any atom is 0.0954 e. The van der Waals surface area contributed by atoms with E-state index < -0.39 is 0 Å². The van der Waals surface area contributed by atoms with E-state index in [4.69, 9.17) is 4.98 Å². The zero-order valence-corrected chi connectivity index (χ0v) is 11.8. The van der Waals surface area contributed by atoms with Crippen LogP contribution in [-0.2, 0) is 6.42 Å². The Labute approximate surface area is 112 Å². The van der Waals surface area contributed by atoms with Crippen molar-refractivity contribution >= 4 is 21.6 Å². The molecule has 1 fully saturated rings. The fourth-order valence-electron chi connectivity index (χ4n) is 2.70. The molecule has 0 radical (unpaired) electrons. The van der Waals surface area contributed by atoms with Crippen LogP contribution in [0.4, 0.5) is 0 Å². The molecule has 1 aromatic carbocycles. The summed E-state index contributed by atoms with van der Waals surface area (Å²) in [7, 11) is 2.08. The van der Waals surface area contributed by atoms with E-state index >= 15 is 0 Å². The monoisotopic (exact) mass is 260 g/mol. The number of para-hydroxylation sites is 1. The second kappa shape index (κ2) is 4.98. The Hall–Kier alpha value is -0.930. The van der Waals surface area contributed by atoms with Gasteiger partial charge in [-0.15, -0.1) is 11.3 Å². The van der Waals surface area contributed by atoms with Gasteiger partial charge in [-0.25, -0.2) is 4.98 Å². The van der Waals surface area contributed by atoms with Gasteiger partial charge >= 0.3 is 0 Å². The first-order valence-electron chi connectivity index (χ1n) is 6.79. The van der Waals surface area contributed by atoms with Crippen molar-refractivity contribution in [2.75, 3.05) is 7.05 Å². The average Bonchev–Trinajstić information content (AvgIpc) is 3.15. The Bertz CT molecular complexity index is 497. The second-order valence-corrected chi connectivity index (χ2v) is 6.49. The van der Waals surface area contributed by atoms with Crippen LogP contribution < -0.4 is 5.32 Å². The fourth-order valence-corrected chi connectivity index (χ4v) is 3.72. The summed E-state index contributed by atoms with van der Waals surface area (Å²) in [6.45, 7) is 2.38. The second-order valence-electron chi connectivity index (χ2n) is 5.37. The highest BCUT2D eigenvalue weighted by atomic mass is 32.1. The lowest BCUT2D eigenvalue weighted by Gasteiger charge is -2.22. The molecule has 1 saturated carbocycles. The molecule has 1 heterocycles. The Morgan fingerprint density at radius 1 is 1.39 bits per heavy atom. The Balaban J connectivity index is 1.77. The fraction of sp³-hybridized carbons (Fsp3) is 0.533. The van der Waals surface area contributed by atoms with E-state index in [0.717, 1.165) is 23.8 Å². The minimum atomic E-state index is 0.568. The number of thiazole rings is 1. The van der Waals surface area contributed by atoms with Gasteiger partial charge in [-0.05, 0) is 43.9 Å². The molecule has 3 heteroatoms. The molecular weight excluding hydrogens is 240 g/mol. The number of rotatable bonds is 5. The summed E-state index contributed by atoms with van der Waals surface area (Å²) in [5.41, 5.74) is 1.14. The smallest absolute Gasteiger partial charge is 0.0954 e. The van der Waals surface area contributed by atoms with Crippen LogP contribution in [0.5, 0.6) is 0 Å². The predicted octanol–water partition coefficient (Wildman–Crippen LogP) is 3.47. The highest BCUT2D eigenvalue weighted by Crippen LogP contribution is 2.39. The van der Waals surface area contributed by atoms with Gasteiger partial charge in [-0.3, -0.25) is 0 Å². The van der Waals surface area contributed by atoms with Gasteiger partial charge in [0.1, 0.15) is 0 Å². The van der Waals surface area contributed by atoms with E-state index in [-0.39, 0.29) is 0 Å². The molecule has 1 aliphatic carbocycles. The van der Waals surface area contributed by atoms with Crippen LogP contribution in [0.15, 0.2) is 24.3 Å². The first-order valence-corrected chi connectivity index (χ1v) is 7.61. The van der Waals surface area contributed by atoms with E-state index in [0.29, 0.717) is 6.04 Å². The zero-order valence-electron chi connectivity index (χ0n) is 11.0. The van der Waals surface area contributed by atoms with Crippen molar-refractivity contribution in [3.05, 3.63) is 29.3 Å². The molecule has 3 rings (SSSR count). The van der Waals surface area contributed by atoms with Crippen LogP contribution in [0, 0.1) is 11.8 Å². The molecule has 1 aromatic heterocycles. The molecule has 0 saturated heterocycles. The van der Waals surface area contributed by atoms with Crippen LogP contribution in [0.1, 0.15) is 24.8 Å². The largest absolute Gasteiger partial charge is 0.316 e. The van der Waals surface area contributed by atoms with Crippen molar-refractivity contribution in [1.29, 1.82) is 0 Å². The van der Waals surface area contributed by atoms with Crippen molar-refractivity contribution in [3.63, 3.8) is 0 Å². The van der Waals surface area contributed by atoms with E-state index in [1.165, 1.54) is 22.5 Å². The van der Waals surface area contributed by atoms with Crippen LogP contribution in [0.2, 0.25) is 0 Å². The summed E-state index contributed by atoms with van der Waals surface area (Å²) in [6, 6.07) is 8.99. The molecule has 1 N–H and O–H groups in total. The van der Waals surface area contributed by atoms with Gasteiger partial charge in [-0.2, -0.15) is 0 Å². The van der Waals surface area contributed by atoms with E-state index in [9.17, 15) is 0 Å². The van der Waals surface area contributed by atoms with Crippen LogP contribution in [-0.4, -0.2) is 18.1 Å². The summed E-state index contributed by atoms with van der Waals surface area (Å²) < 4.78 is 1.31. The minimum absolute atomic E-state index is 0.568. The normalized spacial score (nSPS) is 19.0. The molecule has 2 aromatic rings. The molecule has 2 atom stereocenters. The van der Waals surface area contributed by atoms with Crippen molar-refractivity contribution < 1.29 is 0 Å². The van der Waals surface area contributed by atoms with Crippen LogP contribution >= 0.6 is 11.3 Å². The molecule has 18 heavy (non-hydrogen) atoms. The zero-order chi connectivity index (χ0) is 12.5. The van der Waals surface area contributed by atoms with E-state index in [1.54, 1.807) is 0 Å². The molecule has 2 nitrogen and oxygen atoms in total. The van der Waals surface area contributed by atoms with Gasteiger partial charge in [0, 0.05) is 12.5 Å². The molecule has 1 aliphatic rings. The lowest BCUT2D eigenvalue weighted by molar-refractivity contribution is 0.357. The van der Waals surface area contributed by atoms with Crippen molar-refractivity contribution in [2.45, 2.75) is 32.2 Å². The number of hydrogen-bond acceptors (Lipinski definition) is 3.